The minimum atomic E-state index is -0.489. The molecule has 0 aliphatic carbocycles. The SMILES string of the molecule is COC(=O)/C=C/c1c2nc(c(-c3ccccc3)c3ccc([n-]3)c(/C=C/C(=O)OC)c3nc(c(-c4ccccc4)c4ccc1[n-]4)C=C3)C=C2.[Ni+2]. The predicted molar refractivity (Wildman–Crippen MR) is 190 cm³/mol. The van der Waals surface area contributed by atoms with Crippen molar-refractivity contribution in [1.82, 2.24) is 19.9 Å². The van der Waals surface area contributed by atoms with E-state index in [1.54, 1.807) is 12.2 Å². The summed E-state index contributed by atoms with van der Waals surface area (Å²) in [7, 11) is 2.68. The van der Waals surface area contributed by atoms with Crippen LogP contribution in [0.3, 0.4) is 0 Å². The van der Waals surface area contributed by atoms with Crippen molar-refractivity contribution in [2.45, 2.75) is 0 Å². The molecule has 8 bridgehead atoms. The molecule has 2 aromatic carbocycles. The first kappa shape index (κ1) is 32.9. The predicted octanol–water partition coefficient (Wildman–Crippen LogP) is 7.62. The van der Waals surface area contributed by atoms with Crippen LogP contribution in [0.4, 0.5) is 0 Å². The molecule has 0 unspecified atom stereocenters. The number of nitrogens with zero attached hydrogens (tertiary/aromatic N) is 4. The van der Waals surface area contributed by atoms with Crippen LogP contribution >= 0.6 is 0 Å². The molecule has 8 nitrogen and oxygen atoms in total. The Labute approximate surface area is 292 Å². The van der Waals surface area contributed by atoms with E-state index in [1.807, 2.05) is 109 Å². The number of esters is 2. The second-order valence-electron chi connectivity index (χ2n) is 10.9. The molecule has 0 spiro atoms. The van der Waals surface area contributed by atoms with Gasteiger partial charge in [-0.2, -0.15) is 0 Å². The van der Waals surface area contributed by atoms with Gasteiger partial charge in [-0.1, -0.05) is 84.9 Å². The van der Waals surface area contributed by atoms with Gasteiger partial charge in [-0.15, -0.1) is 22.1 Å². The van der Waals surface area contributed by atoms with Crippen LogP contribution in [0.15, 0.2) is 97.1 Å². The second kappa shape index (κ2) is 14.4. The number of fused-ring (bicyclic) bond motifs is 8. The van der Waals surface area contributed by atoms with Crippen LogP contribution < -0.4 is 9.97 Å². The van der Waals surface area contributed by atoms with Crippen LogP contribution in [-0.4, -0.2) is 36.1 Å². The van der Waals surface area contributed by atoms with Gasteiger partial charge >= 0.3 is 28.4 Å². The molecule has 0 atom stereocenters. The quantitative estimate of drug-likeness (QED) is 0.0999. The maximum absolute atomic E-state index is 12.2. The summed E-state index contributed by atoms with van der Waals surface area (Å²) in [5.41, 5.74) is 10.1. The number of ether oxygens (including phenoxy) is 2. The van der Waals surface area contributed by atoms with E-state index in [2.05, 4.69) is 0 Å². The van der Waals surface area contributed by atoms with Gasteiger partial charge < -0.3 is 19.4 Å². The summed E-state index contributed by atoms with van der Waals surface area (Å²) in [5.74, 6) is -0.979. The molecular formula is C40H28N4NiO4. The molecule has 2 aliphatic rings. The first-order valence-electron chi connectivity index (χ1n) is 15.2. The molecule has 9 heteroatoms. The third-order valence-electron chi connectivity index (χ3n) is 7.99. The van der Waals surface area contributed by atoms with E-state index in [9.17, 15) is 9.59 Å². The molecule has 0 radical (unpaired) electrons. The van der Waals surface area contributed by atoms with Gasteiger partial charge in [0.15, 0.2) is 0 Å². The molecule has 2 aliphatic heterocycles. The standard InChI is InChI=1S/C40H29N4O4.Ni/c1-47-37(45)23-13-27-29-15-19-33(41-29)39(25-9-5-3-6-10-25)35-21-17-31(43-35)28(14-24-38(46)48-2)32-18-22-36(44-32)40(26-11-7-4-8-12-26)34-20-16-30(27)42-34;/h3-24H,1-2H3,(H-,41,42,43,44,45,46);/q-1;+2/p-1. The Bertz CT molecular complexity index is 2180. The fourth-order valence-corrected chi connectivity index (χ4v) is 5.71. The van der Waals surface area contributed by atoms with Crippen molar-refractivity contribution in [2.75, 3.05) is 14.2 Å². The summed E-state index contributed by atoms with van der Waals surface area (Å²) in [5, 5.41) is 0. The Balaban J connectivity index is 0.00000417. The Hall–Kier alpha value is -6.05. The number of methoxy groups -OCH3 is 2. The van der Waals surface area contributed by atoms with Crippen LogP contribution in [0, 0.1) is 0 Å². The Morgan fingerprint density at radius 2 is 0.898 bits per heavy atom. The Morgan fingerprint density at radius 3 is 1.29 bits per heavy atom. The zero-order chi connectivity index (χ0) is 33.0. The van der Waals surface area contributed by atoms with Gasteiger partial charge in [-0.25, -0.2) is 19.6 Å². The van der Waals surface area contributed by atoms with E-state index in [4.69, 9.17) is 29.4 Å². The van der Waals surface area contributed by atoms with E-state index in [0.717, 1.165) is 22.3 Å². The third kappa shape index (κ3) is 6.70. The smallest absolute Gasteiger partial charge is 0.657 e. The molecule has 0 amide bonds. The summed E-state index contributed by atoms with van der Waals surface area (Å²) >= 11 is 0. The van der Waals surface area contributed by atoms with Crippen LogP contribution in [0.25, 0.3) is 80.8 Å². The van der Waals surface area contributed by atoms with Gasteiger partial charge in [0, 0.05) is 12.2 Å². The van der Waals surface area contributed by atoms with Crippen molar-refractivity contribution in [3.63, 3.8) is 0 Å². The number of hydrogen-bond acceptors (Lipinski definition) is 6. The minimum Gasteiger partial charge on any atom is -0.657 e. The molecule has 0 saturated carbocycles. The monoisotopic (exact) mass is 686 g/mol. The molecular weight excluding hydrogens is 659 g/mol. The van der Waals surface area contributed by atoms with Crippen LogP contribution in [-0.2, 0) is 35.6 Å². The van der Waals surface area contributed by atoms with Crippen molar-refractivity contribution in [1.29, 1.82) is 0 Å². The average Bonchev–Trinajstić information content (AvgIpc) is 3.96. The van der Waals surface area contributed by atoms with E-state index in [-0.39, 0.29) is 16.5 Å². The molecule has 49 heavy (non-hydrogen) atoms. The van der Waals surface area contributed by atoms with Gasteiger partial charge in [0.05, 0.1) is 37.0 Å². The zero-order valence-corrected chi connectivity index (χ0v) is 27.4. The molecule has 0 N–H and O–H groups in total. The molecule has 242 valence electrons. The maximum Gasteiger partial charge on any atom is 2.00 e. The van der Waals surface area contributed by atoms with Gasteiger partial charge in [-0.05, 0) is 69.8 Å². The van der Waals surface area contributed by atoms with Crippen LogP contribution in [0.5, 0.6) is 0 Å². The van der Waals surface area contributed by atoms with Gasteiger partial charge in [0.25, 0.3) is 0 Å². The number of aromatic nitrogens is 4. The number of carbonyl (C=O) groups is 2. The van der Waals surface area contributed by atoms with Crippen molar-refractivity contribution >= 4 is 70.5 Å². The fraction of sp³-hybridized carbons (Fsp3) is 0.0500. The van der Waals surface area contributed by atoms with Crippen molar-refractivity contribution in [3.8, 4) is 22.3 Å². The molecule has 5 aromatic rings. The van der Waals surface area contributed by atoms with E-state index < -0.39 is 11.9 Å². The largest absolute Gasteiger partial charge is 2.00 e. The topological polar surface area (TPSA) is 107 Å². The summed E-state index contributed by atoms with van der Waals surface area (Å²) in [6.07, 6.45) is 13.8. The number of rotatable bonds is 6. The molecule has 3 aromatic heterocycles. The van der Waals surface area contributed by atoms with Gasteiger partial charge in [-0.3, -0.25) is 0 Å². The first-order chi connectivity index (χ1) is 23.5. The summed E-state index contributed by atoms with van der Waals surface area (Å²) in [6, 6.07) is 27.5. The molecule has 0 saturated heterocycles. The van der Waals surface area contributed by atoms with E-state index in [1.165, 1.54) is 26.4 Å². The first-order valence-corrected chi connectivity index (χ1v) is 15.2. The fourth-order valence-electron chi connectivity index (χ4n) is 5.71. The van der Waals surface area contributed by atoms with E-state index >= 15 is 0 Å². The molecule has 7 rings (SSSR count). The number of benzene rings is 2. The van der Waals surface area contributed by atoms with Crippen molar-refractivity contribution in [2.24, 2.45) is 0 Å². The second-order valence-corrected chi connectivity index (χ2v) is 10.9. The summed E-state index contributed by atoms with van der Waals surface area (Å²) in [6.45, 7) is 0. The molecule has 5 heterocycles. The van der Waals surface area contributed by atoms with Gasteiger partial charge in [0.2, 0.25) is 0 Å². The summed E-state index contributed by atoms with van der Waals surface area (Å²) < 4.78 is 9.80. The zero-order valence-electron chi connectivity index (χ0n) is 26.4. The summed E-state index contributed by atoms with van der Waals surface area (Å²) in [4.78, 5) is 44.7. The molecule has 0 fully saturated rings. The van der Waals surface area contributed by atoms with Crippen LogP contribution in [0.2, 0.25) is 0 Å². The number of carbonyl (C=O) groups excluding carboxylic acids is 2. The van der Waals surface area contributed by atoms with Gasteiger partial charge in [0.1, 0.15) is 0 Å². The Morgan fingerprint density at radius 1 is 0.531 bits per heavy atom. The Kier molecular flexibility index (Phi) is 9.65. The van der Waals surface area contributed by atoms with Crippen molar-refractivity contribution < 1.29 is 35.6 Å². The maximum atomic E-state index is 12.2. The number of hydrogen-bond donors (Lipinski definition) is 0. The average molecular weight is 687 g/mol. The normalized spacial score (nSPS) is 12.0. The minimum absolute atomic E-state index is 0. The van der Waals surface area contributed by atoms with Crippen molar-refractivity contribution in [3.05, 3.63) is 131 Å². The van der Waals surface area contributed by atoms with Crippen LogP contribution in [0.1, 0.15) is 33.9 Å². The van der Waals surface area contributed by atoms with E-state index in [0.29, 0.717) is 56.0 Å². The third-order valence-corrected chi connectivity index (χ3v) is 7.99.